The van der Waals surface area contributed by atoms with Crippen molar-refractivity contribution in [2.24, 2.45) is 11.8 Å². The van der Waals surface area contributed by atoms with Crippen LogP contribution in [0.1, 0.15) is 60.3 Å². The molecule has 19 heavy (non-hydrogen) atoms. The minimum atomic E-state index is -3.01. The zero-order valence-electron chi connectivity index (χ0n) is 13.1. The molecule has 1 aliphatic carbocycles. The first-order valence-electron chi connectivity index (χ1n) is 7.80. The van der Waals surface area contributed by atoms with Crippen LogP contribution >= 0.6 is 0 Å². The first kappa shape index (κ1) is 17.0. The van der Waals surface area contributed by atoms with Gasteiger partial charge in [-0.05, 0) is 51.0 Å². The maximum absolute atomic E-state index is 12.7. The Bertz CT molecular complexity index is 364. The lowest BCUT2D eigenvalue weighted by Gasteiger charge is -2.38. The molecule has 4 heteroatoms. The molecular formula is C15H31NO2S. The molecule has 1 rings (SSSR count). The Morgan fingerprint density at radius 3 is 2.26 bits per heavy atom. The van der Waals surface area contributed by atoms with Gasteiger partial charge in [0.15, 0.2) is 9.84 Å². The lowest BCUT2D eigenvalue weighted by Crippen LogP contribution is -2.50. The van der Waals surface area contributed by atoms with Gasteiger partial charge in [0.1, 0.15) is 0 Å². The summed E-state index contributed by atoms with van der Waals surface area (Å²) in [7, 11) is -3.01. The maximum Gasteiger partial charge on any atom is 0.157 e. The largest absolute Gasteiger partial charge is 0.313 e. The van der Waals surface area contributed by atoms with Crippen LogP contribution in [-0.4, -0.2) is 31.5 Å². The van der Waals surface area contributed by atoms with Crippen molar-refractivity contribution in [3.05, 3.63) is 0 Å². The van der Waals surface area contributed by atoms with Crippen molar-refractivity contribution in [2.75, 3.05) is 6.54 Å². The van der Waals surface area contributed by atoms with Gasteiger partial charge in [-0.25, -0.2) is 8.42 Å². The fourth-order valence-electron chi connectivity index (χ4n) is 3.16. The summed E-state index contributed by atoms with van der Waals surface area (Å²) in [6, 6.07) is 0.152. The minimum absolute atomic E-state index is 0.152. The van der Waals surface area contributed by atoms with E-state index in [9.17, 15) is 8.42 Å². The van der Waals surface area contributed by atoms with Crippen LogP contribution in [0, 0.1) is 11.8 Å². The molecular weight excluding hydrogens is 258 g/mol. The first-order chi connectivity index (χ1) is 8.84. The predicted molar refractivity (Wildman–Crippen MR) is 82.1 cm³/mol. The normalized spacial score (nSPS) is 30.5. The van der Waals surface area contributed by atoms with Crippen LogP contribution in [0.3, 0.4) is 0 Å². The summed E-state index contributed by atoms with van der Waals surface area (Å²) in [6.45, 7) is 11.2. The molecule has 0 aromatic carbocycles. The number of sulfone groups is 1. The van der Waals surface area contributed by atoms with Crippen LogP contribution in [0.4, 0.5) is 0 Å². The smallest absolute Gasteiger partial charge is 0.157 e. The van der Waals surface area contributed by atoms with Crippen molar-refractivity contribution in [3.8, 4) is 0 Å². The average Bonchev–Trinajstić information content (AvgIpc) is 2.38. The van der Waals surface area contributed by atoms with Gasteiger partial charge in [-0.1, -0.05) is 27.7 Å². The summed E-state index contributed by atoms with van der Waals surface area (Å²) >= 11 is 0. The third-order valence-electron chi connectivity index (χ3n) is 4.80. The molecule has 4 unspecified atom stereocenters. The molecule has 0 heterocycles. The summed E-state index contributed by atoms with van der Waals surface area (Å²) in [5, 5.41) is 2.99. The third-order valence-corrected chi connectivity index (χ3v) is 7.62. The summed E-state index contributed by atoms with van der Waals surface area (Å²) in [6.07, 6.45) is 3.70. The molecule has 1 N–H and O–H groups in total. The SMILES string of the molecule is CCNC1CCC(C(C)C)CC1S(=O)(=O)C(C)CC. The Balaban J connectivity index is 2.94. The number of hydrogen-bond acceptors (Lipinski definition) is 3. The Hall–Kier alpha value is -0.0900. The van der Waals surface area contributed by atoms with E-state index in [1.54, 1.807) is 0 Å². The van der Waals surface area contributed by atoms with Crippen molar-refractivity contribution < 1.29 is 8.42 Å². The standard InChI is InChI=1S/C15H31NO2S/c1-6-12(5)19(17,18)15-10-13(11(3)4)8-9-14(15)16-7-2/h11-16H,6-10H2,1-5H3. The van der Waals surface area contributed by atoms with Crippen LogP contribution < -0.4 is 5.32 Å². The molecule has 0 aromatic heterocycles. The molecule has 4 atom stereocenters. The first-order valence-corrected chi connectivity index (χ1v) is 9.41. The fraction of sp³-hybridized carbons (Fsp3) is 1.00. The molecule has 0 amide bonds. The van der Waals surface area contributed by atoms with Gasteiger partial charge >= 0.3 is 0 Å². The Kier molecular flexibility index (Phi) is 6.31. The van der Waals surface area contributed by atoms with Crippen LogP contribution in [0.5, 0.6) is 0 Å². The van der Waals surface area contributed by atoms with E-state index in [2.05, 4.69) is 26.1 Å². The summed E-state index contributed by atoms with van der Waals surface area (Å²) in [4.78, 5) is 0. The monoisotopic (exact) mass is 289 g/mol. The van der Waals surface area contributed by atoms with Crippen molar-refractivity contribution in [1.29, 1.82) is 0 Å². The molecule has 0 bridgehead atoms. The van der Waals surface area contributed by atoms with Gasteiger partial charge in [0.2, 0.25) is 0 Å². The third kappa shape index (κ3) is 3.94. The minimum Gasteiger partial charge on any atom is -0.313 e. The van der Waals surface area contributed by atoms with E-state index in [-0.39, 0.29) is 16.5 Å². The van der Waals surface area contributed by atoms with Crippen molar-refractivity contribution in [3.63, 3.8) is 0 Å². The summed E-state index contributed by atoms with van der Waals surface area (Å²) < 4.78 is 25.5. The number of hydrogen-bond donors (Lipinski definition) is 1. The van der Waals surface area contributed by atoms with Gasteiger partial charge < -0.3 is 5.32 Å². The molecule has 0 aliphatic heterocycles. The van der Waals surface area contributed by atoms with Gasteiger partial charge in [0.25, 0.3) is 0 Å². The van der Waals surface area contributed by atoms with Crippen molar-refractivity contribution in [1.82, 2.24) is 5.32 Å². The lowest BCUT2D eigenvalue weighted by atomic mass is 9.79. The zero-order valence-corrected chi connectivity index (χ0v) is 14.0. The van der Waals surface area contributed by atoms with Gasteiger partial charge in [-0.3, -0.25) is 0 Å². The number of nitrogens with one attached hydrogen (secondary N) is 1. The highest BCUT2D eigenvalue weighted by Crippen LogP contribution is 2.35. The van der Waals surface area contributed by atoms with Crippen LogP contribution in [0.25, 0.3) is 0 Å². The molecule has 1 fully saturated rings. The van der Waals surface area contributed by atoms with Gasteiger partial charge in [-0.2, -0.15) is 0 Å². The van der Waals surface area contributed by atoms with E-state index in [0.717, 1.165) is 25.8 Å². The second kappa shape index (κ2) is 7.07. The second-order valence-electron chi connectivity index (χ2n) is 6.33. The second-order valence-corrected chi connectivity index (χ2v) is 8.92. The maximum atomic E-state index is 12.7. The van der Waals surface area contributed by atoms with E-state index >= 15 is 0 Å². The molecule has 0 saturated heterocycles. The van der Waals surface area contributed by atoms with Crippen molar-refractivity contribution >= 4 is 9.84 Å². The van der Waals surface area contributed by atoms with Gasteiger partial charge in [0.05, 0.1) is 10.5 Å². The Labute approximate surface area is 119 Å². The highest BCUT2D eigenvalue weighted by molar-refractivity contribution is 7.92. The molecule has 1 aliphatic rings. The molecule has 3 nitrogen and oxygen atoms in total. The molecule has 0 radical (unpaired) electrons. The van der Waals surface area contributed by atoms with E-state index in [0.29, 0.717) is 18.3 Å². The highest BCUT2D eigenvalue weighted by atomic mass is 32.2. The predicted octanol–water partition coefficient (Wildman–Crippen LogP) is 3.00. The van der Waals surface area contributed by atoms with Gasteiger partial charge in [-0.15, -0.1) is 0 Å². The molecule has 0 aromatic rings. The summed E-state index contributed by atoms with van der Waals surface area (Å²) in [5.41, 5.74) is 0. The topological polar surface area (TPSA) is 46.2 Å². The van der Waals surface area contributed by atoms with E-state index < -0.39 is 9.84 Å². The average molecular weight is 289 g/mol. The summed E-state index contributed by atoms with van der Waals surface area (Å²) in [5.74, 6) is 1.14. The lowest BCUT2D eigenvalue weighted by molar-refractivity contribution is 0.241. The molecule has 1 saturated carbocycles. The van der Waals surface area contributed by atoms with E-state index in [1.807, 2.05) is 13.8 Å². The van der Waals surface area contributed by atoms with Gasteiger partial charge in [0, 0.05) is 6.04 Å². The van der Waals surface area contributed by atoms with Crippen LogP contribution in [-0.2, 0) is 9.84 Å². The van der Waals surface area contributed by atoms with E-state index in [4.69, 9.17) is 0 Å². The van der Waals surface area contributed by atoms with Crippen LogP contribution in [0.15, 0.2) is 0 Å². The van der Waals surface area contributed by atoms with Crippen molar-refractivity contribution in [2.45, 2.75) is 76.8 Å². The van der Waals surface area contributed by atoms with Crippen LogP contribution in [0.2, 0.25) is 0 Å². The fourth-order valence-corrected chi connectivity index (χ4v) is 5.42. The quantitative estimate of drug-likeness (QED) is 0.817. The molecule has 0 spiro atoms. The zero-order chi connectivity index (χ0) is 14.6. The van der Waals surface area contributed by atoms with E-state index in [1.165, 1.54) is 0 Å². The Morgan fingerprint density at radius 1 is 1.16 bits per heavy atom. The number of rotatable bonds is 6. The highest BCUT2D eigenvalue weighted by Gasteiger charge is 2.41. The molecule has 114 valence electrons. The Morgan fingerprint density at radius 2 is 1.79 bits per heavy atom.